The zero-order valence-corrected chi connectivity index (χ0v) is 19.8. The van der Waals surface area contributed by atoms with Crippen LogP contribution in [0.15, 0.2) is 42.9 Å². The SMILES string of the molecule is C[C@@H]1CN(C(=O)c2nn(C)cc2-c2ccc(C#N)cc2)[C@H](CNc2ncc(C(F)(F)F)cn2)[C@H](C)O1. The Balaban J connectivity index is 1.58. The summed E-state index contributed by atoms with van der Waals surface area (Å²) in [4.78, 5) is 22.9. The van der Waals surface area contributed by atoms with Crippen LogP contribution in [0.1, 0.15) is 35.5 Å². The van der Waals surface area contributed by atoms with Crippen molar-refractivity contribution in [3.63, 3.8) is 0 Å². The summed E-state index contributed by atoms with van der Waals surface area (Å²) in [5, 5.41) is 16.4. The maximum absolute atomic E-state index is 13.8. The molecule has 1 saturated heterocycles. The lowest BCUT2D eigenvalue weighted by molar-refractivity contribution is -0.138. The second-order valence-electron chi connectivity index (χ2n) is 8.60. The highest BCUT2D eigenvalue weighted by atomic mass is 19.4. The van der Waals surface area contributed by atoms with Crippen molar-refractivity contribution in [2.24, 2.45) is 7.05 Å². The number of aromatic nitrogens is 4. The number of rotatable bonds is 5. The number of hydrogen-bond acceptors (Lipinski definition) is 7. The molecule has 1 fully saturated rings. The lowest BCUT2D eigenvalue weighted by atomic mass is 10.0. The Morgan fingerprint density at radius 3 is 2.50 bits per heavy atom. The summed E-state index contributed by atoms with van der Waals surface area (Å²) in [6.07, 6.45) is -1.98. The van der Waals surface area contributed by atoms with Crippen molar-refractivity contribution in [3.8, 4) is 17.2 Å². The molecule has 0 radical (unpaired) electrons. The number of amides is 1. The van der Waals surface area contributed by atoms with Crippen LogP contribution in [0.3, 0.4) is 0 Å². The third-order valence-electron chi connectivity index (χ3n) is 5.91. The van der Waals surface area contributed by atoms with E-state index in [1.54, 1.807) is 47.1 Å². The molecule has 36 heavy (non-hydrogen) atoms. The Morgan fingerprint density at radius 1 is 1.22 bits per heavy atom. The van der Waals surface area contributed by atoms with E-state index in [1.165, 1.54) is 0 Å². The van der Waals surface area contributed by atoms with Crippen LogP contribution >= 0.6 is 0 Å². The van der Waals surface area contributed by atoms with Crippen LogP contribution in [-0.4, -0.2) is 61.9 Å². The maximum Gasteiger partial charge on any atom is 0.419 e. The van der Waals surface area contributed by atoms with Gasteiger partial charge in [0.05, 0.1) is 35.4 Å². The molecule has 9 nitrogen and oxygen atoms in total. The summed E-state index contributed by atoms with van der Waals surface area (Å²) < 4.78 is 45.9. The molecular weight excluding hydrogens is 475 g/mol. The van der Waals surface area contributed by atoms with Crippen molar-refractivity contribution in [2.45, 2.75) is 38.3 Å². The summed E-state index contributed by atoms with van der Waals surface area (Å²) in [6, 6.07) is 8.48. The molecule has 0 spiro atoms. The van der Waals surface area contributed by atoms with Gasteiger partial charge in [-0.3, -0.25) is 9.48 Å². The van der Waals surface area contributed by atoms with E-state index in [1.807, 2.05) is 13.8 Å². The van der Waals surface area contributed by atoms with E-state index in [0.29, 0.717) is 30.1 Å². The summed E-state index contributed by atoms with van der Waals surface area (Å²) in [5.74, 6) is -0.297. The standard InChI is InChI=1S/C24H24F3N7O2/c1-14-12-34(20(15(2)36-14)11-31-23-29-9-18(10-30-23)24(25,26)27)22(35)21-19(13-33(3)32-21)17-6-4-16(8-28)5-7-17/h4-7,9-10,13-15,20H,11-12H2,1-3H3,(H,29,30,31)/t14-,15+,20-/m1/s1. The Hall–Kier alpha value is -3.98. The number of benzene rings is 1. The summed E-state index contributed by atoms with van der Waals surface area (Å²) in [6.45, 7) is 4.14. The predicted molar refractivity (Wildman–Crippen MR) is 124 cm³/mol. The number of nitrogens with one attached hydrogen (secondary N) is 1. The summed E-state index contributed by atoms with van der Waals surface area (Å²) in [5.41, 5.74) is 1.17. The molecule has 3 heterocycles. The quantitative estimate of drug-likeness (QED) is 0.572. The molecule has 1 aromatic carbocycles. The number of anilines is 1. The van der Waals surface area contributed by atoms with Crippen molar-refractivity contribution in [2.75, 3.05) is 18.4 Å². The van der Waals surface area contributed by atoms with Crippen LogP contribution in [-0.2, 0) is 18.0 Å². The first-order valence-corrected chi connectivity index (χ1v) is 11.2. The molecule has 1 aliphatic rings. The highest BCUT2D eigenvalue weighted by molar-refractivity contribution is 5.99. The third-order valence-corrected chi connectivity index (χ3v) is 5.91. The molecule has 3 aromatic rings. The van der Waals surface area contributed by atoms with Crippen LogP contribution in [0.4, 0.5) is 19.1 Å². The average molecular weight is 499 g/mol. The number of nitriles is 1. The Labute approximate surface area is 205 Å². The maximum atomic E-state index is 13.8. The van der Waals surface area contributed by atoms with Crippen LogP contribution in [0.2, 0.25) is 0 Å². The third kappa shape index (κ3) is 5.31. The number of alkyl halides is 3. The van der Waals surface area contributed by atoms with Crippen LogP contribution in [0.5, 0.6) is 0 Å². The second-order valence-corrected chi connectivity index (χ2v) is 8.60. The second kappa shape index (κ2) is 9.94. The smallest absolute Gasteiger partial charge is 0.372 e. The van der Waals surface area contributed by atoms with Crippen molar-refractivity contribution in [1.29, 1.82) is 5.26 Å². The van der Waals surface area contributed by atoms with E-state index in [0.717, 1.165) is 5.56 Å². The van der Waals surface area contributed by atoms with E-state index in [2.05, 4.69) is 26.5 Å². The molecule has 12 heteroatoms. The van der Waals surface area contributed by atoms with Crippen molar-refractivity contribution < 1.29 is 22.7 Å². The van der Waals surface area contributed by atoms with E-state index >= 15 is 0 Å². The monoisotopic (exact) mass is 499 g/mol. The molecule has 1 aliphatic heterocycles. The van der Waals surface area contributed by atoms with Crippen molar-refractivity contribution in [1.82, 2.24) is 24.6 Å². The fourth-order valence-corrected chi connectivity index (χ4v) is 4.16. The van der Waals surface area contributed by atoms with Crippen LogP contribution < -0.4 is 5.32 Å². The molecule has 1 N–H and O–H groups in total. The fourth-order valence-electron chi connectivity index (χ4n) is 4.16. The van der Waals surface area contributed by atoms with Gasteiger partial charge in [-0.05, 0) is 31.5 Å². The van der Waals surface area contributed by atoms with Gasteiger partial charge in [-0.25, -0.2) is 9.97 Å². The van der Waals surface area contributed by atoms with Gasteiger partial charge in [0.15, 0.2) is 5.69 Å². The molecule has 0 saturated carbocycles. The number of morpholine rings is 1. The Kier molecular flexibility index (Phi) is 6.94. The summed E-state index contributed by atoms with van der Waals surface area (Å²) >= 11 is 0. The number of nitrogens with zero attached hydrogens (tertiary/aromatic N) is 6. The largest absolute Gasteiger partial charge is 0.419 e. The minimum Gasteiger partial charge on any atom is -0.372 e. The van der Waals surface area contributed by atoms with E-state index in [-0.39, 0.29) is 36.3 Å². The fraction of sp³-hybridized carbons (Fsp3) is 0.375. The first-order chi connectivity index (χ1) is 17.1. The molecule has 188 valence electrons. The molecule has 1 amide bonds. The topological polar surface area (TPSA) is 109 Å². The van der Waals surface area contributed by atoms with Gasteiger partial charge in [0.2, 0.25) is 5.95 Å². The van der Waals surface area contributed by atoms with E-state index in [9.17, 15) is 18.0 Å². The number of carbonyl (C=O) groups is 1. The van der Waals surface area contributed by atoms with E-state index < -0.39 is 17.8 Å². The average Bonchev–Trinajstić information content (AvgIpc) is 3.24. The summed E-state index contributed by atoms with van der Waals surface area (Å²) in [7, 11) is 1.72. The Morgan fingerprint density at radius 2 is 1.89 bits per heavy atom. The predicted octanol–water partition coefficient (Wildman–Crippen LogP) is 3.50. The normalized spacial score (nSPS) is 20.1. The van der Waals surface area contributed by atoms with Gasteiger partial charge < -0.3 is 15.0 Å². The molecule has 4 rings (SSSR count). The highest BCUT2D eigenvalue weighted by Gasteiger charge is 2.38. The van der Waals surface area contributed by atoms with Gasteiger partial charge in [0.25, 0.3) is 5.91 Å². The van der Waals surface area contributed by atoms with Gasteiger partial charge in [-0.15, -0.1) is 0 Å². The van der Waals surface area contributed by atoms with Gasteiger partial charge in [-0.1, -0.05) is 12.1 Å². The number of aryl methyl sites for hydroxylation is 1. The molecule has 0 unspecified atom stereocenters. The van der Waals surface area contributed by atoms with Crippen molar-refractivity contribution in [3.05, 3.63) is 59.7 Å². The van der Waals surface area contributed by atoms with Crippen LogP contribution in [0.25, 0.3) is 11.1 Å². The number of ether oxygens (including phenoxy) is 1. The van der Waals surface area contributed by atoms with Gasteiger partial charge in [0.1, 0.15) is 0 Å². The first-order valence-electron chi connectivity index (χ1n) is 11.2. The first kappa shape index (κ1) is 25.1. The molecule has 3 atom stereocenters. The molecule has 2 aromatic heterocycles. The van der Waals surface area contributed by atoms with Gasteiger partial charge in [0, 0.05) is 44.3 Å². The molecule has 0 aliphatic carbocycles. The number of halogens is 3. The lowest BCUT2D eigenvalue weighted by Gasteiger charge is -2.42. The zero-order valence-electron chi connectivity index (χ0n) is 19.8. The van der Waals surface area contributed by atoms with Crippen LogP contribution in [0, 0.1) is 11.3 Å². The van der Waals surface area contributed by atoms with Gasteiger partial charge in [-0.2, -0.15) is 23.5 Å². The number of hydrogen-bond donors (Lipinski definition) is 1. The highest BCUT2D eigenvalue weighted by Crippen LogP contribution is 2.29. The minimum atomic E-state index is -4.53. The Bertz CT molecular complexity index is 1270. The molecular formula is C24H24F3N7O2. The lowest BCUT2D eigenvalue weighted by Crippen LogP contribution is -2.58. The number of carbonyl (C=O) groups excluding carboxylic acids is 1. The van der Waals surface area contributed by atoms with Gasteiger partial charge >= 0.3 is 6.18 Å². The van der Waals surface area contributed by atoms with Crippen molar-refractivity contribution >= 4 is 11.9 Å². The minimum absolute atomic E-state index is 0.0114. The zero-order chi connectivity index (χ0) is 26.0. The van der Waals surface area contributed by atoms with E-state index in [4.69, 9.17) is 10.00 Å². The molecule has 0 bridgehead atoms.